The summed E-state index contributed by atoms with van der Waals surface area (Å²) in [6.45, 7) is 5.11. The molecule has 0 aliphatic rings. The van der Waals surface area contributed by atoms with Crippen molar-refractivity contribution in [2.45, 2.75) is 32.3 Å². The number of nitrogens with one attached hydrogen (secondary N) is 3. The molecule has 0 bridgehead atoms. The van der Waals surface area contributed by atoms with Crippen molar-refractivity contribution in [3.63, 3.8) is 0 Å². The van der Waals surface area contributed by atoms with Gasteiger partial charge in [0.2, 0.25) is 5.91 Å². The third kappa shape index (κ3) is 3.86. The van der Waals surface area contributed by atoms with Gasteiger partial charge in [-0.3, -0.25) is 20.3 Å². The number of amides is 1. The van der Waals surface area contributed by atoms with Crippen molar-refractivity contribution < 1.29 is 14.3 Å². The fourth-order valence-corrected chi connectivity index (χ4v) is 2.62. The zero-order valence-electron chi connectivity index (χ0n) is 13.6. The summed E-state index contributed by atoms with van der Waals surface area (Å²) in [6.07, 6.45) is 1.57. The molecule has 0 radical (unpaired) electrons. The summed E-state index contributed by atoms with van der Waals surface area (Å²) < 4.78 is 5.36. The Kier molecular flexibility index (Phi) is 4.84. The van der Waals surface area contributed by atoms with Crippen LogP contribution in [0.1, 0.15) is 32.3 Å². The Balaban J connectivity index is 2.56. The van der Waals surface area contributed by atoms with Gasteiger partial charge in [-0.15, -0.1) is 0 Å². The van der Waals surface area contributed by atoms with Crippen LogP contribution in [0.25, 0.3) is 10.9 Å². The van der Waals surface area contributed by atoms with Crippen LogP contribution in [0.2, 0.25) is 5.02 Å². The van der Waals surface area contributed by atoms with Crippen molar-refractivity contribution in [3.05, 3.63) is 35.0 Å². The van der Waals surface area contributed by atoms with Gasteiger partial charge in [0.05, 0.1) is 5.02 Å². The van der Waals surface area contributed by atoms with E-state index in [2.05, 4.69) is 10.3 Å². The number of hydrogen-bond donors (Lipinski definition) is 4. The summed E-state index contributed by atoms with van der Waals surface area (Å²) in [5, 5.41) is 10.3. The molecule has 1 heterocycles. The summed E-state index contributed by atoms with van der Waals surface area (Å²) in [5.74, 6) is -3.35. The van der Waals surface area contributed by atoms with E-state index in [4.69, 9.17) is 27.5 Å². The Bertz CT molecular complexity index is 807. The van der Waals surface area contributed by atoms with E-state index in [1.807, 2.05) is 0 Å². The van der Waals surface area contributed by atoms with Crippen LogP contribution < -0.4 is 11.1 Å². The highest BCUT2D eigenvalue weighted by molar-refractivity contribution is 6.36. The fraction of sp³-hybridized carbons (Fsp3) is 0.312. The maximum Gasteiger partial charge on any atom is 0.323 e. The topological polar surface area (TPSA) is 121 Å². The van der Waals surface area contributed by atoms with Gasteiger partial charge in [0.25, 0.3) is 0 Å². The number of guanidine groups is 1. The second-order valence-electron chi connectivity index (χ2n) is 6.28. The summed E-state index contributed by atoms with van der Waals surface area (Å²) in [5.41, 5.74) is 5.51. The molecule has 0 fully saturated rings. The number of fused-ring (bicyclic) bond motifs is 1. The van der Waals surface area contributed by atoms with Crippen molar-refractivity contribution in [2.75, 3.05) is 0 Å². The number of esters is 1. The minimum Gasteiger partial charge on any atom is -0.459 e. The molecule has 1 aromatic heterocycles. The number of carbonyl (C=O) groups excluding carboxylic acids is 2. The van der Waals surface area contributed by atoms with Gasteiger partial charge >= 0.3 is 5.97 Å². The molecule has 1 amide bonds. The van der Waals surface area contributed by atoms with Crippen LogP contribution in [0.5, 0.6) is 0 Å². The minimum absolute atomic E-state index is 0.379. The maximum absolute atomic E-state index is 12.6. The van der Waals surface area contributed by atoms with Gasteiger partial charge in [0, 0.05) is 17.1 Å². The summed E-state index contributed by atoms with van der Waals surface area (Å²) >= 11 is 6.19. The van der Waals surface area contributed by atoms with E-state index in [9.17, 15) is 9.59 Å². The second kappa shape index (κ2) is 6.52. The largest absolute Gasteiger partial charge is 0.459 e. The third-order valence-electron chi connectivity index (χ3n) is 3.16. The summed E-state index contributed by atoms with van der Waals surface area (Å²) in [4.78, 5) is 28.1. The minimum atomic E-state index is -1.30. The zero-order valence-corrected chi connectivity index (χ0v) is 14.3. The molecule has 0 aliphatic heterocycles. The highest BCUT2D eigenvalue weighted by Crippen LogP contribution is 2.33. The molecular formula is C16H19ClN4O3. The van der Waals surface area contributed by atoms with Gasteiger partial charge in [-0.2, -0.15) is 0 Å². The first-order valence-electron chi connectivity index (χ1n) is 7.23. The molecule has 0 aliphatic carbocycles. The SMILES string of the molecule is CC(C)(C)OC(=O)C(C(=O)NC(=N)N)c1cccc2[nH]cc(Cl)c12. The second-order valence-corrected chi connectivity index (χ2v) is 6.68. The van der Waals surface area contributed by atoms with E-state index < -0.39 is 29.4 Å². The molecule has 8 heteroatoms. The quantitative estimate of drug-likeness (QED) is 0.293. The van der Waals surface area contributed by atoms with Crippen molar-refractivity contribution in [2.24, 2.45) is 5.73 Å². The van der Waals surface area contributed by atoms with Gasteiger partial charge in [0.1, 0.15) is 5.60 Å². The number of nitrogens with two attached hydrogens (primary N) is 1. The number of rotatable bonds is 3. The van der Waals surface area contributed by atoms with Crippen LogP contribution in [0.3, 0.4) is 0 Å². The van der Waals surface area contributed by atoms with Crippen molar-refractivity contribution in [1.82, 2.24) is 10.3 Å². The lowest BCUT2D eigenvalue weighted by molar-refractivity contribution is -0.158. The first-order valence-corrected chi connectivity index (χ1v) is 7.61. The van der Waals surface area contributed by atoms with Crippen LogP contribution in [0.15, 0.2) is 24.4 Å². The maximum atomic E-state index is 12.6. The molecule has 0 spiro atoms. The predicted octanol–water partition coefficient (Wildman–Crippen LogP) is 2.26. The monoisotopic (exact) mass is 350 g/mol. The first kappa shape index (κ1) is 17.8. The van der Waals surface area contributed by atoms with Crippen molar-refractivity contribution >= 4 is 40.3 Å². The molecule has 5 N–H and O–H groups in total. The number of carbonyl (C=O) groups is 2. The van der Waals surface area contributed by atoms with Crippen molar-refractivity contribution in [3.8, 4) is 0 Å². The first-order chi connectivity index (χ1) is 11.1. The number of halogens is 1. The lowest BCUT2D eigenvalue weighted by atomic mass is 9.94. The molecule has 1 unspecified atom stereocenters. The Labute approximate surface area is 144 Å². The number of aromatic amines is 1. The standard InChI is InChI=1S/C16H19ClN4O3/c1-16(2,3)24-14(23)12(13(22)21-15(18)19)8-5-4-6-10-11(8)9(17)7-20-10/h4-7,12,20H,1-3H3,(H4,18,19,21,22). The lowest BCUT2D eigenvalue weighted by Crippen LogP contribution is -2.42. The Morgan fingerprint density at radius 1 is 1.38 bits per heavy atom. The van der Waals surface area contributed by atoms with E-state index in [-0.39, 0.29) is 0 Å². The van der Waals surface area contributed by atoms with Crippen LogP contribution >= 0.6 is 11.6 Å². The Hall–Kier alpha value is -2.54. The number of H-pyrrole nitrogens is 1. The van der Waals surface area contributed by atoms with E-state index >= 15 is 0 Å². The van der Waals surface area contributed by atoms with E-state index in [1.54, 1.807) is 45.2 Å². The number of hydrogen-bond acceptors (Lipinski definition) is 4. The normalized spacial score (nSPS) is 12.7. The van der Waals surface area contributed by atoms with Gasteiger partial charge in [-0.25, -0.2) is 0 Å². The molecular weight excluding hydrogens is 332 g/mol. The third-order valence-corrected chi connectivity index (χ3v) is 3.46. The summed E-state index contributed by atoms with van der Waals surface area (Å²) in [7, 11) is 0. The molecule has 0 saturated carbocycles. The molecule has 2 rings (SSSR count). The molecule has 0 saturated heterocycles. The van der Waals surface area contributed by atoms with E-state index in [0.717, 1.165) is 0 Å². The Morgan fingerprint density at radius 3 is 2.62 bits per heavy atom. The zero-order chi connectivity index (χ0) is 18.1. The molecule has 24 heavy (non-hydrogen) atoms. The van der Waals surface area contributed by atoms with Crippen molar-refractivity contribution in [1.29, 1.82) is 5.41 Å². The Morgan fingerprint density at radius 2 is 2.04 bits per heavy atom. The average Bonchev–Trinajstić information content (AvgIpc) is 2.78. The van der Waals surface area contributed by atoms with Crippen LogP contribution in [-0.4, -0.2) is 28.4 Å². The highest BCUT2D eigenvalue weighted by atomic mass is 35.5. The smallest absolute Gasteiger partial charge is 0.323 e. The summed E-state index contributed by atoms with van der Waals surface area (Å²) in [6, 6.07) is 5.10. The average molecular weight is 351 g/mol. The number of ether oxygens (including phenoxy) is 1. The molecule has 2 aromatic rings. The molecule has 1 aromatic carbocycles. The van der Waals surface area contributed by atoms with E-state index in [1.165, 1.54) is 0 Å². The van der Waals surface area contributed by atoms with E-state index in [0.29, 0.717) is 21.5 Å². The van der Waals surface area contributed by atoms with Crippen LogP contribution in [0.4, 0.5) is 0 Å². The molecule has 128 valence electrons. The van der Waals surface area contributed by atoms with Crippen LogP contribution in [0, 0.1) is 5.41 Å². The number of aromatic nitrogens is 1. The highest BCUT2D eigenvalue weighted by Gasteiger charge is 2.35. The number of benzene rings is 1. The molecule has 1 atom stereocenters. The van der Waals surface area contributed by atoms with Gasteiger partial charge < -0.3 is 15.5 Å². The predicted molar refractivity (Wildman–Crippen MR) is 92.0 cm³/mol. The van der Waals surface area contributed by atoms with Crippen LogP contribution in [-0.2, 0) is 14.3 Å². The molecule has 7 nitrogen and oxygen atoms in total. The van der Waals surface area contributed by atoms with Gasteiger partial charge in [-0.05, 0) is 32.4 Å². The lowest BCUT2D eigenvalue weighted by Gasteiger charge is -2.24. The fourth-order valence-electron chi connectivity index (χ4n) is 2.35. The van der Waals surface area contributed by atoms with Gasteiger partial charge in [0.15, 0.2) is 11.9 Å². The van der Waals surface area contributed by atoms with Gasteiger partial charge in [-0.1, -0.05) is 23.7 Å².